The predicted octanol–water partition coefficient (Wildman–Crippen LogP) is 0.0211. The summed E-state index contributed by atoms with van der Waals surface area (Å²) in [5.74, 6) is 0. The van der Waals surface area contributed by atoms with Crippen molar-refractivity contribution in [3.05, 3.63) is 0 Å². The highest BCUT2D eigenvalue weighted by atomic mass is 16.7. The SMILES string of the molecule is CCON1CCOCC1CCO. The molecule has 1 unspecified atom stereocenters. The van der Waals surface area contributed by atoms with E-state index in [1.54, 1.807) is 0 Å². The summed E-state index contributed by atoms with van der Waals surface area (Å²) in [6, 6.07) is 0.226. The second-order valence-electron chi connectivity index (χ2n) is 2.80. The van der Waals surface area contributed by atoms with Crippen LogP contribution in [0.15, 0.2) is 0 Å². The summed E-state index contributed by atoms with van der Waals surface area (Å²) in [6.45, 7) is 5.03. The minimum absolute atomic E-state index is 0.192. The van der Waals surface area contributed by atoms with Crippen LogP contribution in [0.1, 0.15) is 13.3 Å². The Morgan fingerprint density at radius 2 is 2.50 bits per heavy atom. The molecule has 1 heterocycles. The summed E-state index contributed by atoms with van der Waals surface area (Å²) >= 11 is 0. The number of hydrogen-bond acceptors (Lipinski definition) is 4. The van der Waals surface area contributed by atoms with Gasteiger partial charge in [0, 0.05) is 13.2 Å². The lowest BCUT2D eigenvalue weighted by atomic mass is 10.2. The van der Waals surface area contributed by atoms with Crippen LogP contribution in [0.5, 0.6) is 0 Å². The number of hydroxylamine groups is 2. The number of aliphatic hydroxyl groups is 1. The van der Waals surface area contributed by atoms with Crippen molar-refractivity contribution in [2.75, 3.05) is 33.0 Å². The molecule has 1 atom stereocenters. The van der Waals surface area contributed by atoms with Gasteiger partial charge < -0.3 is 9.84 Å². The van der Waals surface area contributed by atoms with Gasteiger partial charge in [0.1, 0.15) is 0 Å². The third-order valence-corrected chi connectivity index (χ3v) is 1.93. The lowest BCUT2D eigenvalue weighted by Gasteiger charge is -2.33. The Kier molecular flexibility index (Phi) is 4.53. The van der Waals surface area contributed by atoms with Crippen LogP contribution >= 0.6 is 0 Å². The number of nitrogens with zero attached hydrogens (tertiary/aromatic N) is 1. The Balaban J connectivity index is 2.31. The summed E-state index contributed by atoms with van der Waals surface area (Å²) in [7, 11) is 0. The molecule has 1 fully saturated rings. The van der Waals surface area contributed by atoms with Gasteiger partial charge in [-0.2, -0.15) is 5.06 Å². The Hall–Kier alpha value is -0.160. The maximum atomic E-state index is 8.77. The number of rotatable bonds is 4. The monoisotopic (exact) mass is 175 g/mol. The van der Waals surface area contributed by atoms with Crippen molar-refractivity contribution in [2.24, 2.45) is 0 Å². The fourth-order valence-corrected chi connectivity index (χ4v) is 1.35. The van der Waals surface area contributed by atoms with E-state index < -0.39 is 0 Å². The highest BCUT2D eigenvalue weighted by molar-refractivity contribution is 4.68. The lowest BCUT2D eigenvalue weighted by molar-refractivity contribution is -0.224. The molecule has 1 saturated heterocycles. The summed E-state index contributed by atoms with van der Waals surface area (Å²) in [6.07, 6.45) is 0.722. The Bertz CT molecular complexity index is 103. The first kappa shape index (κ1) is 9.92. The summed E-state index contributed by atoms with van der Waals surface area (Å²) in [5.41, 5.74) is 0. The first-order valence-electron chi connectivity index (χ1n) is 4.46. The van der Waals surface area contributed by atoms with Crippen molar-refractivity contribution in [1.29, 1.82) is 0 Å². The minimum atomic E-state index is 0.192. The van der Waals surface area contributed by atoms with E-state index in [9.17, 15) is 0 Å². The fraction of sp³-hybridized carbons (Fsp3) is 1.00. The van der Waals surface area contributed by atoms with Gasteiger partial charge in [0.2, 0.25) is 0 Å². The third-order valence-electron chi connectivity index (χ3n) is 1.93. The molecule has 0 aromatic heterocycles. The van der Waals surface area contributed by atoms with Crippen molar-refractivity contribution in [3.63, 3.8) is 0 Å². The number of ether oxygens (including phenoxy) is 1. The van der Waals surface area contributed by atoms with Crippen molar-refractivity contribution in [2.45, 2.75) is 19.4 Å². The maximum Gasteiger partial charge on any atom is 0.0657 e. The standard InChI is InChI=1S/C8H17NO3/c1-2-12-9-4-6-11-7-8(9)3-5-10/h8,10H,2-7H2,1H3. The Morgan fingerprint density at radius 1 is 1.67 bits per heavy atom. The first-order valence-corrected chi connectivity index (χ1v) is 4.46. The van der Waals surface area contributed by atoms with Gasteiger partial charge in [0.05, 0.1) is 25.9 Å². The molecule has 1 rings (SSSR count). The molecule has 0 aliphatic carbocycles. The molecule has 0 bridgehead atoms. The molecule has 0 aromatic carbocycles. The van der Waals surface area contributed by atoms with Gasteiger partial charge in [0.25, 0.3) is 0 Å². The predicted molar refractivity (Wildman–Crippen MR) is 44.6 cm³/mol. The molecule has 0 saturated carbocycles. The van der Waals surface area contributed by atoms with Gasteiger partial charge in [0.15, 0.2) is 0 Å². The van der Waals surface area contributed by atoms with Crippen molar-refractivity contribution < 1.29 is 14.7 Å². The largest absolute Gasteiger partial charge is 0.396 e. The van der Waals surface area contributed by atoms with E-state index in [-0.39, 0.29) is 12.6 Å². The molecule has 0 spiro atoms. The highest BCUT2D eigenvalue weighted by Gasteiger charge is 2.22. The average Bonchev–Trinajstić information content (AvgIpc) is 2.09. The van der Waals surface area contributed by atoms with E-state index in [4.69, 9.17) is 14.7 Å². The van der Waals surface area contributed by atoms with Gasteiger partial charge >= 0.3 is 0 Å². The molecule has 1 aliphatic heterocycles. The molecular weight excluding hydrogens is 158 g/mol. The number of aliphatic hydroxyl groups excluding tert-OH is 1. The van der Waals surface area contributed by atoms with Gasteiger partial charge in [-0.25, -0.2) is 0 Å². The summed E-state index contributed by atoms with van der Waals surface area (Å²) < 4.78 is 5.28. The molecule has 72 valence electrons. The van der Waals surface area contributed by atoms with Crippen LogP contribution in [0.4, 0.5) is 0 Å². The van der Waals surface area contributed by atoms with Crippen LogP contribution in [-0.4, -0.2) is 49.2 Å². The molecule has 0 amide bonds. The molecule has 0 aromatic rings. The average molecular weight is 175 g/mol. The number of morpholine rings is 1. The Labute approximate surface area is 73.0 Å². The second kappa shape index (κ2) is 5.48. The van der Waals surface area contributed by atoms with Crippen molar-refractivity contribution >= 4 is 0 Å². The lowest BCUT2D eigenvalue weighted by Crippen LogP contribution is -2.45. The molecule has 1 aliphatic rings. The van der Waals surface area contributed by atoms with Crippen LogP contribution < -0.4 is 0 Å². The first-order chi connectivity index (χ1) is 5.88. The normalized spacial score (nSPS) is 26.0. The summed E-state index contributed by atoms with van der Waals surface area (Å²) in [5, 5.41) is 10.7. The smallest absolute Gasteiger partial charge is 0.0657 e. The molecule has 1 N–H and O–H groups in total. The highest BCUT2D eigenvalue weighted by Crippen LogP contribution is 2.10. The van der Waals surface area contributed by atoms with E-state index in [1.807, 2.05) is 12.0 Å². The van der Waals surface area contributed by atoms with Crippen LogP contribution in [0.3, 0.4) is 0 Å². The maximum absolute atomic E-state index is 8.77. The zero-order valence-electron chi connectivity index (χ0n) is 7.53. The molecule has 0 radical (unpaired) electrons. The fourth-order valence-electron chi connectivity index (χ4n) is 1.35. The van der Waals surface area contributed by atoms with Gasteiger partial charge in [-0.3, -0.25) is 4.84 Å². The minimum Gasteiger partial charge on any atom is -0.396 e. The summed E-state index contributed by atoms with van der Waals surface area (Å²) in [4.78, 5) is 5.39. The van der Waals surface area contributed by atoms with E-state index >= 15 is 0 Å². The zero-order valence-corrected chi connectivity index (χ0v) is 7.53. The van der Waals surface area contributed by atoms with Gasteiger partial charge in [-0.05, 0) is 13.3 Å². The van der Waals surface area contributed by atoms with E-state index in [0.29, 0.717) is 13.2 Å². The van der Waals surface area contributed by atoms with Gasteiger partial charge in [-0.15, -0.1) is 0 Å². The third kappa shape index (κ3) is 2.71. The molecule has 12 heavy (non-hydrogen) atoms. The van der Waals surface area contributed by atoms with Gasteiger partial charge in [-0.1, -0.05) is 0 Å². The second-order valence-corrected chi connectivity index (χ2v) is 2.80. The number of hydrogen-bond donors (Lipinski definition) is 1. The van der Waals surface area contributed by atoms with E-state index in [1.165, 1.54) is 0 Å². The van der Waals surface area contributed by atoms with Crippen molar-refractivity contribution in [1.82, 2.24) is 5.06 Å². The molecule has 4 heteroatoms. The van der Waals surface area contributed by atoms with E-state index in [2.05, 4.69) is 0 Å². The Morgan fingerprint density at radius 3 is 3.17 bits per heavy atom. The van der Waals surface area contributed by atoms with E-state index in [0.717, 1.165) is 19.6 Å². The van der Waals surface area contributed by atoms with Crippen LogP contribution in [0, 0.1) is 0 Å². The zero-order chi connectivity index (χ0) is 8.81. The van der Waals surface area contributed by atoms with Crippen LogP contribution in [-0.2, 0) is 9.57 Å². The molecular formula is C8H17NO3. The van der Waals surface area contributed by atoms with Crippen LogP contribution in [0.25, 0.3) is 0 Å². The van der Waals surface area contributed by atoms with Crippen LogP contribution in [0.2, 0.25) is 0 Å². The van der Waals surface area contributed by atoms with Crippen molar-refractivity contribution in [3.8, 4) is 0 Å². The quantitative estimate of drug-likeness (QED) is 0.654. The topological polar surface area (TPSA) is 41.9 Å². The molecule has 4 nitrogen and oxygen atoms in total.